The van der Waals surface area contributed by atoms with Gasteiger partial charge in [0.2, 0.25) is 5.91 Å². The van der Waals surface area contributed by atoms with Crippen molar-refractivity contribution in [3.8, 4) is 0 Å². The maximum Gasteiger partial charge on any atom is 0.223 e. The Kier molecular flexibility index (Phi) is 7.40. The SMILES string of the molecule is O=C(CCc1cnccn1)N(Cc1cccnc1)CC1CCN(C2CCCC2)CC1. The molecule has 2 aromatic heterocycles. The lowest BCUT2D eigenvalue weighted by molar-refractivity contribution is -0.132. The molecule has 1 aliphatic heterocycles. The van der Waals surface area contributed by atoms with Crippen molar-refractivity contribution in [1.82, 2.24) is 24.8 Å². The van der Waals surface area contributed by atoms with Crippen LogP contribution < -0.4 is 0 Å². The molecule has 1 saturated heterocycles. The molecule has 4 rings (SSSR count). The molecule has 6 nitrogen and oxygen atoms in total. The predicted octanol–water partition coefficient (Wildman–Crippen LogP) is 3.49. The van der Waals surface area contributed by atoms with Crippen molar-refractivity contribution in [2.45, 2.75) is 64.0 Å². The molecule has 0 atom stereocenters. The Morgan fingerprint density at radius 2 is 1.83 bits per heavy atom. The van der Waals surface area contributed by atoms with E-state index in [2.05, 4.69) is 25.9 Å². The number of likely N-dealkylation sites (tertiary alicyclic amines) is 1. The third kappa shape index (κ3) is 5.85. The van der Waals surface area contributed by atoms with Crippen LogP contribution in [0.15, 0.2) is 43.1 Å². The van der Waals surface area contributed by atoms with Gasteiger partial charge in [0, 0.05) is 56.5 Å². The number of hydrogen-bond donors (Lipinski definition) is 0. The van der Waals surface area contributed by atoms with Crippen LogP contribution in [-0.2, 0) is 17.8 Å². The monoisotopic (exact) mass is 407 g/mol. The number of aromatic nitrogens is 3. The lowest BCUT2D eigenvalue weighted by atomic mass is 9.94. The minimum absolute atomic E-state index is 0.197. The van der Waals surface area contributed by atoms with Crippen LogP contribution in [0.1, 0.15) is 56.2 Å². The molecule has 2 aromatic rings. The van der Waals surface area contributed by atoms with Crippen molar-refractivity contribution in [2.24, 2.45) is 5.92 Å². The number of hydrogen-bond acceptors (Lipinski definition) is 5. The number of rotatable bonds is 8. The number of aryl methyl sites for hydroxylation is 1. The van der Waals surface area contributed by atoms with Crippen molar-refractivity contribution >= 4 is 5.91 Å². The first kappa shape index (κ1) is 20.9. The molecule has 0 aromatic carbocycles. The summed E-state index contributed by atoms with van der Waals surface area (Å²) in [5, 5.41) is 0. The van der Waals surface area contributed by atoms with E-state index in [0.29, 0.717) is 25.3 Å². The van der Waals surface area contributed by atoms with E-state index >= 15 is 0 Å². The topological polar surface area (TPSA) is 62.2 Å². The fourth-order valence-electron chi connectivity index (χ4n) is 4.90. The number of amides is 1. The van der Waals surface area contributed by atoms with Gasteiger partial charge < -0.3 is 9.80 Å². The summed E-state index contributed by atoms with van der Waals surface area (Å²) in [5.74, 6) is 0.780. The van der Waals surface area contributed by atoms with E-state index in [9.17, 15) is 4.79 Å². The van der Waals surface area contributed by atoms with Gasteiger partial charge in [-0.1, -0.05) is 18.9 Å². The van der Waals surface area contributed by atoms with Gasteiger partial charge in [-0.25, -0.2) is 0 Å². The van der Waals surface area contributed by atoms with E-state index in [4.69, 9.17) is 0 Å². The van der Waals surface area contributed by atoms with Gasteiger partial charge in [-0.2, -0.15) is 0 Å². The molecular weight excluding hydrogens is 374 g/mol. The van der Waals surface area contributed by atoms with Gasteiger partial charge in [-0.05, 0) is 62.7 Å². The number of piperidine rings is 1. The third-order valence-electron chi connectivity index (χ3n) is 6.63. The van der Waals surface area contributed by atoms with Gasteiger partial charge in [0.1, 0.15) is 0 Å². The van der Waals surface area contributed by atoms with E-state index in [0.717, 1.165) is 23.8 Å². The summed E-state index contributed by atoms with van der Waals surface area (Å²) in [6, 6.07) is 4.81. The van der Waals surface area contributed by atoms with Crippen LogP contribution in [0.2, 0.25) is 0 Å². The molecule has 160 valence electrons. The molecule has 0 bridgehead atoms. The maximum absolute atomic E-state index is 13.1. The molecular formula is C24H33N5O. The summed E-state index contributed by atoms with van der Waals surface area (Å²) < 4.78 is 0. The molecule has 30 heavy (non-hydrogen) atoms. The minimum Gasteiger partial charge on any atom is -0.338 e. The highest BCUT2D eigenvalue weighted by atomic mass is 16.2. The second-order valence-electron chi connectivity index (χ2n) is 8.75. The summed E-state index contributed by atoms with van der Waals surface area (Å²) in [6.45, 7) is 3.84. The summed E-state index contributed by atoms with van der Waals surface area (Å²) in [6.07, 6.45) is 17.8. The van der Waals surface area contributed by atoms with Crippen molar-refractivity contribution in [1.29, 1.82) is 0 Å². The number of pyridine rings is 1. The smallest absolute Gasteiger partial charge is 0.223 e. The second kappa shape index (κ2) is 10.6. The second-order valence-corrected chi connectivity index (χ2v) is 8.75. The number of nitrogens with zero attached hydrogens (tertiary/aromatic N) is 5. The third-order valence-corrected chi connectivity index (χ3v) is 6.63. The van der Waals surface area contributed by atoms with E-state index in [-0.39, 0.29) is 5.91 Å². The fraction of sp³-hybridized carbons (Fsp3) is 0.583. The van der Waals surface area contributed by atoms with Crippen molar-refractivity contribution < 1.29 is 4.79 Å². The molecule has 0 spiro atoms. The van der Waals surface area contributed by atoms with E-state index in [1.54, 1.807) is 24.8 Å². The first-order valence-electron chi connectivity index (χ1n) is 11.4. The summed E-state index contributed by atoms with van der Waals surface area (Å²) >= 11 is 0. The lowest BCUT2D eigenvalue weighted by Crippen LogP contribution is -2.43. The van der Waals surface area contributed by atoms with Crippen LogP contribution in [0, 0.1) is 5.92 Å². The highest BCUT2D eigenvalue weighted by Gasteiger charge is 2.28. The van der Waals surface area contributed by atoms with Gasteiger partial charge >= 0.3 is 0 Å². The molecule has 6 heteroatoms. The van der Waals surface area contributed by atoms with E-state index in [1.807, 2.05) is 17.2 Å². The molecule has 3 heterocycles. The number of carbonyl (C=O) groups excluding carboxylic acids is 1. The predicted molar refractivity (Wildman–Crippen MR) is 117 cm³/mol. The Morgan fingerprint density at radius 1 is 1.03 bits per heavy atom. The first-order chi connectivity index (χ1) is 14.8. The zero-order valence-electron chi connectivity index (χ0n) is 17.8. The average Bonchev–Trinajstić information content (AvgIpc) is 3.34. The van der Waals surface area contributed by atoms with Crippen LogP contribution in [0.4, 0.5) is 0 Å². The van der Waals surface area contributed by atoms with Crippen molar-refractivity contribution in [2.75, 3.05) is 19.6 Å². The summed E-state index contributed by atoms with van der Waals surface area (Å²) in [7, 11) is 0. The Morgan fingerprint density at radius 3 is 2.53 bits per heavy atom. The Balaban J connectivity index is 1.34. The van der Waals surface area contributed by atoms with Crippen molar-refractivity contribution in [3.05, 3.63) is 54.4 Å². The van der Waals surface area contributed by atoms with Gasteiger partial charge in [0.15, 0.2) is 0 Å². The lowest BCUT2D eigenvalue weighted by Gasteiger charge is -2.38. The molecule has 0 unspecified atom stereocenters. The molecule has 0 radical (unpaired) electrons. The average molecular weight is 408 g/mol. The Hall–Kier alpha value is -2.34. The fourth-order valence-corrected chi connectivity index (χ4v) is 4.90. The van der Waals surface area contributed by atoms with Gasteiger partial charge in [0.25, 0.3) is 0 Å². The summed E-state index contributed by atoms with van der Waals surface area (Å²) in [4.78, 5) is 30.5. The quantitative estimate of drug-likeness (QED) is 0.670. The van der Waals surface area contributed by atoms with Crippen LogP contribution in [-0.4, -0.2) is 56.3 Å². The first-order valence-corrected chi connectivity index (χ1v) is 11.4. The Bertz CT molecular complexity index is 771. The van der Waals surface area contributed by atoms with Gasteiger partial charge in [-0.15, -0.1) is 0 Å². The van der Waals surface area contributed by atoms with Crippen LogP contribution in [0.25, 0.3) is 0 Å². The highest BCUT2D eigenvalue weighted by molar-refractivity contribution is 5.76. The molecule has 1 aliphatic carbocycles. The standard InChI is InChI=1S/C24H33N5O/c30-24(8-7-22-17-26-12-13-27-22)29(19-21-4-3-11-25-16-21)18-20-9-14-28(15-10-20)23-5-1-2-6-23/h3-4,11-13,16-17,20,23H,1-2,5-10,14-15,18-19H2. The molecule has 2 aliphatic rings. The van der Waals surface area contributed by atoms with Gasteiger partial charge in [-0.3, -0.25) is 19.7 Å². The minimum atomic E-state index is 0.197. The maximum atomic E-state index is 13.1. The molecule has 1 saturated carbocycles. The zero-order chi connectivity index (χ0) is 20.6. The normalized spacial score (nSPS) is 18.5. The van der Waals surface area contributed by atoms with Crippen LogP contribution in [0.3, 0.4) is 0 Å². The largest absolute Gasteiger partial charge is 0.338 e. The van der Waals surface area contributed by atoms with Crippen LogP contribution >= 0.6 is 0 Å². The van der Waals surface area contributed by atoms with Crippen LogP contribution in [0.5, 0.6) is 0 Å². The molecule has 0 N–H and O–H groups in total. The zero-order valence-corrected chi connectivity index (χ0v) is 17.8. The van der Waals surface area contributed by atoms with Crippen molar-refractivity contribution in [3.63, 3.8) is 0 Å². The highest BCUT2D eigenvalue weighted by Crippen LogP contribution is 2.28. The molecule has 1 amide bonds. The Labute approximate surface area is 179 Å². The van der Waals surface area contributed by atoms with E-state index < -0.39 is 0 Å². The summed E-state index contributed by atoms with van der Waals surface area (Å²) in [5.41, 5.74) is 1.96. The van der Waals surface area contributed by atoms with Gasteiger partial charge in [0.05, 0.1) is 5.69 Å². The number of carbonyl (C=O) groups is 1. The van der Waals surface area contributed by atoms with E-state index in [1.165, 1.54) is 51.6 Å². The molecule has 2 fully saturated rings.